The minimum Gasteiger partial charge on any atom is -0.485 e. The van der Waals surface area contributed by atoms with E-state index in [1.165, 1.54) is 0 Å². The second kappa shape index (κ2) is 12.2. The van der Waals surface area contributed by atoms with Crippen LogP contribution in [0.1, 0.15) is 54.8 Å². The van der Waals surface area contributed by atoms with Gasteiger partial charge in [-0.15, -0.1) is 11.3 Å². The Labute approximate surface area is 240 Å². The Hall–Kier alpha value is -3.75. The normalized spacial score (nSPS) is 11.8. The highest BCUT2D eigenvalue weighted by Gasteiger charge is 2.27. The van der Waals surface area contributed by atoms with Crippen LogP contribution in [0.25, 0.3) is 20.8 Å². The van der Waals surface area contributed by atoms with Crippen molar-refractivity contribution in [1.29, 1.82) is 0 Å². The second-order valence-corrected chi connectivity index (χ2v) is 12.3. The average Bonchev–Trinajstić information content (AvgIpc) is 3.35. The molecule has 0 atom stereocenters. The molecule has 0 spiro atoms. The number of nitrogens with one attached hydrogen (secondary N) is 1. The van der Waals surface area contributed by atoms with E-state index >= 15 is 0 Å². The lowest BCUT2D eigenvalue weighted by molar-refractivity contribution is -0.0829. The third-order valence-electron chi connectivity index (χ3n) is 6.62. The molecule has 0 aliphatic carbocycles. The number of rotatable bonds is 13. The van der Waals surface area contributed by atoms with Crippen molar-refractivity contribution in [3.8, 4) is 16.3 Å². The zero-order valence-corrected chi connectivity index (χ0v) is 24.8. The number of thiazole rings is 1. The molecule has 210 valence electrons. The van der Waals surface area contributed by atoms with Gasteiger partial charge in [-0.1, -0.05) is 12.1 Å². The van der Waals surface area contributed by atoms with Crippen molar-refractivity contribution in [2.45, 2.75) is 45.3 Å². The van der Waals surface area contributed by atoms with Crippen LogP contribution < -0.4 is 15.0 Å². The van der Waals surface area contributed by atoms with Crippen molar-refractivity contribution < 1.29 is 19.1 Å². The molecular formula is C32H37N3O4S. The quantitative estimate of drug-likeness (QED) is 0.175. The SMILES string of the molecule is CN(C)c1ccc(-c2nc3ccc(OC(C)(C)COC(C)(C)CCNc4cccc(C=O)c4C=O)cc3s2)cc1. The van der Waals surface area contributed by atoms with Crippen LogP contribution >= 0.6 is 11.3 Å². The Morgan fingerprint density at radius 3 is 2.38 bits per heavy atom. The van der Waals surface area contributed by atoms with Gasteiger partial charge in [-0.25, -0.2) is 4.98 Å². The Bertz CT molecular complexity index is 1480. The van der Waals surface area contributed by atoms with E-state index in [-0.39, 0.29) is 0 Å². The maximum absolute atomic E-state index is 11.5. The first kappa shape index (κ1) is 29.2. The van der Waals surface area contributed by atoms with Crippen molar-refractivity contribution in [3.63, 3.8) is 0 Å². The van der Waals surface area contributed by atoms with Gasteiger partial charge in [0.25, 0.3) is 0 Å². The van der Waals surface area contributed by atoms with Crippen LogP contribution in [0.15, 0.2) is 60.7 Å². The summed E-state index contributed by atoms with van der Waals surface area (Å²) < 4.78 is 13.7. The molecule has 0 radical (unpaired) electrons. The van der Waals surface area contributed by atoms with Crippen molar-refractivity contribution in [1.82, 2.24) is 4.98 Å². The van der Waals surface area contributed by atoms with Crippen LogP contribution in [-0.2, 0) is 4.74 Å². The molecule has 40 heavy (non-hydrogen) atoms. The fourth-order valence-electron chi connectivity index (χ4n) is 4.25. The molecule has 0 aliphatic heterocycles. The summed E-state index contributed by atoms with van der Waals surface area (Å²) in [5.74, 6) is 0.773. The van der Waals surface area contributed by atoms with Gasteiger partial charge < -0.3 is 19.7 Å². The van der Waals surface area contributed by atoms with E-state index in [9.17, 15) is 9.59 Å². The standard InChI is InChI=1S/C32H37N3O4S/c1-31(2,16-17-33-27-9-7-8-23(19-36)26(27)20-37)38-21-32(3,4)39-25-14-15-28-29(18-25)40-30(34-28)22-10-12-24(13-11-22)35(5)6/h7-15,18-20,33H,16-17,21H2,1-6H3. The van der Waals surface area contributed by atoms with E-state index in [0.717, 1.165) is 32.2 Å². The summed E-state index contributed by atoms with van der Waals surface area (Å²) in [6, 6.07) is 19.6. The maximum atomic E-state index is 11.5. The number of nitrogens with zero attached hydrogens (tertiary/aromatic N) is 2. The molecule has 0 unspecified atom stereocenters. The fraction of sp³-hybridized carbons (Fsp3) is 0.344. The van der Waals surface area contributed by atoms with Crippen LogP contribution in [0.3, 0.4) is 0 Å². The van der Waals surface area contributed by atoms with Crippen molar-refractivity contribution in [3.05, 3.63) is 71.8 Å². The van der Waals surface area contributed by atoms with Gasteiger partial charge in [0, 0.05) is 48.7 Å². The van der Waals surface area contributed by atoms with Crippen LogP contribution in [-0.4, -0.2) is 56.0 Å². The number of hydrogen-bond acceptors (Lipinski definition) is 8. The zero-order valence-electron chi connectivity index (χ0n) is 24.0. The zero-order chi connectivity index (χ0) is 28.9. The predicted molar refractivity (Wildman–Crippen MR) is 164 cm³/mol. The van der Waals surface area contributed by atoms with Crippen molar-refractivity contribution in [2.24, 2.45) is 0 Å². The van der Waals surface area contributed by atoms with Gasteiger partial charge in [-0.3, -0.25) is 9.59 Å². The van der Waals surface area contributed by atoms with Crippen molar-refractivity contribution >= 4 is 45.5 Å². The van der Waals surface area contributed by atoms with Gasteiger partial charge in [-0.05, 0) is 82.6 Å². The molecule has 0 fully saturated rings. The lowest BCUT2D eigenvalue weighted by Crippen LogP contribution is -2.39. The molecule has 4 rings (SSSR count). The number of fused-ring (bicyclic) bond motifs is 1. The molecule has 0 bridgehead atoms. The molecular weight excluding hydrogens is 522 g/mol. The molecule has 0 saturated carbocycles. The van der Waals surface area contributed by atoms with Crippen molar-refractivity contribution in [2.75, 3.05) is 37.5 Å². The molecule has 4 aromatic rings. The van der Waals surface area contributed by atoms with E-state index in [4.69, 9.17) is 14.5 Å². The molecule has 0 aliphatic rings. The topological polar surface area (TPSA) is 80.8 Å². The Kier molecular flexibility index (Phi) is 8.91. The van der Waals surface area contributed by atoms with Crippen LogP contribution in [0.2, 0.25) is 0 Å². The largest absolute Gasteiger partial charge is 0.485 e. The first-order valence-corrected chi connectivity index (χ1v) is 14.1. The first-order valence-electron chi connectivity index (χ1n) is 13.3. The summed E-state index contributed by atoms with van der Waals surface area (Å²) in [7, 11) is 4.06. The summed E-state index contributed by atoms with van der Waals surface area (Å²) in [6.07, 6.45) is 2.10. The van der Waals surface area contributed by atoms with Gasteiger partial charge in [0.15, 0.2) is 12.6 Å². The van der Waals surface area contributed by atoms with Gasteiger partial charge in [0.2, 0.25) is 0 Å². The first-order chi connectivity index (χ1) is 19.0. The number of benzene rings is 3. The van der Waals surface area contributed by atoms with E-state index < -0.39 is 11.2 Å². The predicted octanol–water partition coefficient (Wildman–Crippen LogP) is 7.11. The Morgan fingerprint density at radius 1 is 0.950 bits per heavy atom. The minimum atomic E-state index is -0.559. The second-order valence-electron chi connectivity index (χ2n) is 11.2. The lowest BCUT2D eigenvalue weighted by Gasteiger charge is -2.32. The molecule has 1 aromatic heterocycles. The fourth-order valence-corrected chi connectivity index (χ4v) is 5.25. The summed E-state index contributed by atoms with van der Waals surface area (Å²) >= 11 is 1.65. The number of carbonyl (C=O) groups excluding carboxylic acids is 2. The number of anilines is 2. The molecule has 8 heteroatoms. The third-order valence-corrected chi connectivity index (χ3v) is 7.69. The van der Waals surface area contributed by atoms with E-state index in [1.54, 1.807) is 29.5 Å². The summed E-state index contributed by atoms with van der Waals surface area (Å²) in [5, 5.41) is 4.24. The summed E-state index contributed by atoms with van der Waals surface area (Å²) in [6.45, 7) is 9.06. The number of hydrogen-bond donors (Lipinski definition) is 1. The highest BCUT2D eigenvalue weighted by molar-refractivity contribution is 7.21. The van der Waals surface area contributed by atoms with E-state index in [1.807, 2.05) is 60.0 Å². The van der Waals surface area contributed by atoms with E-state index in [0.29, 0.717) is 49.0 Å². The van der Waals surface area contributed by atoms with Gasteiger partial charge in [0.1, 0.15) is 16.4 Å². The van der Waals surface area contributed by atoms with Gasteiger partial charge in [0.05, 0.1) is 22.4 Å². The monoisotopic (exact) mass is 559 g/mol. The minimum absolute atomic E-state index is 0.373. The number of aromatic nitrogens is 1. The Balaban J connectivity index is 1.34. The van der Waals surface area contributed by atoms with Crippen LogP contribution in [0, 0.1) is 0 Å². The molecule has 1 N–H and O–H groups in total. The molecule has 0 saturated heterocycles. The smallest absolute Gasteiger partial charge is 0.152 e. The number of ether oxygens (including phenoxy) is 2. The molecule has 3 aromatic carbocycles. The highest BCUT2D eigenvalue weighted by Crippen LogP contribution is 2.34. The van der Waals surface area contributed by atoms with E-state index in [2.05, 4.69) is 34.5 Å². The molecule has 0 amide bonds. The third kappa shape index (κ3) is 7.25. The number of carbonyl (C=O) groups is 2. The highest BCUT2D eigenvalue weighted by atomic mass is 32.1. The van der Waals surface area contributed by atoms with Gasteiger partial charge >= 0.3 is 0 Å². The van der Waals surface area contributed by atoms with Crippen LogP contribution in [0.4, 0.5) is 11.4 Å². The average molecular weight is 560 g/mol. The van der Waals surface area contributed by atoms with Crippen LogP contribution in [0.5, 0.6) is 5.75 Å². The van der Waals surface area contributed by atoms with Gasteiger partial charge in [-0.2, -0.15) is 0 Å². The Morgan fingerprint density at radius 2 is 1.70 bits per heavy atom. The number of aldehydes is 2. The molecule has 7 nitrogen and oxygen atoms in total. The lowest BCUT2D eigenvalue weighted by atomic mass is 10.0. The summed E-state index contributed by atoms with van der Waals surface area (Å²) in [5.41, 5.74) is 3.60. The maximum Gasteiger partial charge on any atom is 0.152 e. The summed E-state index contributed by atoms with van der Waals surface area (Å²) in [4.78, 5) is 29.6. The molecule has 1 heterocycles.